The Labute approximate surface area is 84.2 Å². The Balaban J connectivity index is 2.72. The van der Waals surface area contributed by atoms with E-state index in [0.717, 1.165) is 11.1 Å². The van der Waals surface area contributed by atoms with Gasteiger partial charge in [-0.3, -0.25) is 4.79 Å². The largest absolute Gasteiger partial charge is 0.380 e. The summed E-state index contributed by atoms with van der Waals surface area (Å²) in [5.74, 6) is 0.0413. The van der Waals surface area contributed by atoms with Gasteiger partial charge in [0.05, 0.1) is 6.61 Å². The molecule has 74 valence electrons. The number of methoxy groups -OCH3 is 1. The molecule has 0 bridgehead atoms. The number of allylic oxidation sites excluding steroid dienone is 1. The molecular formula is C12H14O2. The summed E-state index contributed by atoms with van der Waals surface area (Å²) < 4.78 is 5.01. The molecule has 1 aromatic rings. The lowest BCUT2D eigenvalue weighted by atomic mass is 10.1. The number of ketones is 1. The van der Waals surface area contributed by atoms with E-state index in [4.69, 9.17) is 4.74 Å². The monoisotopic (exact) mass is 190 g/mol. The quantitative estimate of drug-likeness (QED) is 0.665. The lowest BCUT2D eigenvalue weighted by molar-refractivity contribution is -0.114. The van der Waals surface area contributed by atoms with Crippen LogP contribution in [0.25, 0.3) is 0 Å². The van der Waals surface area contributed by atoms with E-state index < -0.39 is 0 Å². The van der Waals surface area contributed by atoms with Gasteiger partial charge in [0.25, 0.3) is 0 Å². The maximum atomic E-state index is 11.1. The molecule has 0 saturated carbocycles. The first-order chi connectivity index (χ1) is 6.76. The molecule has 0 aliphatic heterocycles. The number of rotatable bonds is 5. The van der Waals surface area contributed by atoms with Crippen LogP contribution in [0, 0.1) is 0 Å². The number of hydrogen-bond donors (Lipinski definition) is 0. The Bertz CT molecular complexity index is 329. The summed E-state index contributed by atoms with van der Waals surface area (Å²) in [7, 11) is 1.65. The molecule has 1 aromatic carbocycles. The van der Waals surface area contributed by atoms with Crippen LogP contribution in [0.15, 0.2) is 36.9 Å². The Morgan fingerprint density at radius 2 is 2.21 bits per heavy atom. The van der Waals surface area contributed by atoms with E-state index in [1.807, 2.05) is 24.3 Å². The topological polar surface area (TPSA) is 26.3 Å². The molecular weight excluding hydrogens is 176 g/mol. The summed E-state index contributed by atoms with van der Waals surface area (Å²) in [6.45, 7) is 4.02. The highest BCUT2D eigenvalue weighted by Crippen LogP contribution is 2.07. The molecule has 0 spiro atoms. The van der Waals surface area contributed by atoms with Gasteiger partial charge in [-0.15, -0.1) is 0 Å². The lowest BCUT2D eigenvalue weighted by Gasteiger charge is -2.02. The van der Waals surface area contributed by atoms with Gasteiger partial charge < -0.3 is 4.74 Å². The third-order valence-electron chi connectivity index (χ3n) is 1.91. The van der Waals surface area contributed by atoms with Crippen LogP contribution in [0.4, 0.5) is 0 Å². The van der Waals surface area contributed by atoms with Crippen LogP contribution in [-0.2, 0) is 22.6 Å². The molecule has 0 radical (unpaired) electrons. The first kappa shape index (κ1) is 10.7. The van der Waals surface area contributed by atoms with Gasteiger partial charge in [0, 0.05) is 13.5 Å². The molecule has 0 amide bonds. The first-order valence-electron chi connectivity index (χ1n) is 4.48. The van der Waals surface area contributed by atoms with Gasteiger partial charge >= 0.3 is 0 Å². The Morgan fingerprint density at radius 1 is 1.50 bits per heavy atom. The van der Waals surface area contributed by atoms with Crippen LogP contribution in [0.2, 0.25) is 0 Å². The first-order valence-corrected chi connectivity index (χ1v) is 4.48. The van der Waals surface area contributed by atoms with Crippen molar-refractivity contribution in [2.45, 2.75) is 13.0 Å². The summed E-state index contributed by atoms with van der Waals surface area (Å²) in [5.41, 5.74) is 2.09. The Hall–Kier alpha value is -1.41. The van der Waals surface area contributed by atoms with Crippen molar-refractivity contribution in [1.29, 1.82) is 0 Å². The molecule has 0 fully saturated rings. The highest BCUT2D eigenvalue weighted by atomic mass is 16.5. The highest BCUT2D eigenvalue weighted by Gasteiger charge is 2.00. The molecule has 0 aromatic heterocycles. The third-order valence-corrected chi connectivity index (χ3v) is 1.91. The molecule has 0 aliphatic carbocycles. The predicted octanol–water partition coefficient (Wildman–Crippen LogP) is 2.13. The molecule has 14 heavy (non-hydrogen) atoms. The fraction of sp³-hybridized carbons (Fsp3) is 0.250. The van der Waals surface area contributed by atoms with Crippen molar-refractivity contribution in [1.82, 2.24) is 0 Å². The van der Waals surface area contributed by atoms with Crippen molar-refractivity contribution in [3.8, 4) is 0 Å². The fourth-order valence-corrected chi connectivity index (χ4v) is 1.27. The number of benzene rings is 1. The predicted molar refractivity (Wildman–Crippen MR) is 56.1 cm³/mol. The second-order valence-electron chi connectivity index (χ2n) is 3.10. The molecule has 2 heteroatoms. The molecule has 0 unspecified atom stereocenters. The summed E-state index contributed by atoms with van der Waals surface area (Å²) in [6.07, 6.45) is 1.77. The van der Waals surface area contributed by atoms with Gasteiger partial charge in [-0.25, -0.2) is 0 Å². The Morgan fingerprint density at radius 3 is 2.86 bits per heavy atom. The maximum Gasteiger partial charge on any atom is 0.159 e. The van der Waals surface area contributed by atoms with Gasteiger partial charge in [-0.2, -0.15) is 0 Å². The van der Waals surface area contributed by atoms with Gasteiger partial charge in [-0.05, 0) is 17.2 Å². The van der Waals surface area contributed by atoms with Gasteiger partial charge in [0.1, 0.15) is 0 Å². The summed E-state index contributed by atoms with van der Waals surface area (Å²) in [4.78, 5) is 11.1. The van der Waals surface area contributed by atoms with Crippen LogP contribution in [0.3, 0.4) is 0 Å². The van der Waals surface area contributed by atoms with Crippen molar-refractivity contribution in [2.24, 2.45) is 0 Å². The van der Waals surface area contributed by atoms with E-state index in [9.17, 15) is 4.79 Å². The van der Waals surface area contributed by atoms with Crippen molar-refractivity contribution in [3.05, 3.63) is 48.0 Å². The molecule has 0 atom stereocenters. The smallest absolute Gasteiger partial charge is 0.159 e. The number of carbonyl (C=O) groups is 1. The zero-order valence-electron chi connectivity index (χ0n) is 8.32. The van der Waals surface area contributed by atoms with Crippen molar-refractivity contribution >= 4 is 5.78 Å². The third kappa shape index (κ3) is 3.15. The standard InChI is InChI=1S/C12H14O2/c1-3-12(13)8-10-5-4-6-11(7-10)9-14-2/h3-7H,1,8-9H2,2H3. The van der Waals surface area contributed by atoms with Gasteiger partial charge in [0.2, 0.25) is 0 Å². The van der Waals surface area contributed by atoms with Crippen molar-refractivity contribution in [3.63, 3.8) is 0 Å². The number of hydrogen-bond acceptors (Lipinski definition) is 2. The maximum absolute atomic E-state index is 11.1. The van der Waals surface area contributed by atoms with E-state index in [-0.39, 0.29) is 5.78 Å². The van der Waals surface area contributed by atoms with Crippen LogP contribution in [0.1, 0.15) is 11.1 Å². The van der Waals surface area contributed by atoms with Crippen LogP contribution in [-0.4, -0.2) is 12.9 Å². The minimum atomic E-state index is 0.0413. The second kappa shape index (κ2) is 5.35. The van der Waals surface area contributed by atoms with E-state index in [1.54, 1.807) is 7.11 Å². The van der Waals surface area contributed by atoms with E-state index in [2.05, 4.69) is 6.58 Å². The van der Waals surface area contributed by atoms with E-state index in [1.165, 1.54) is 6.08 Å². The van der Waals surface area contributed by atoms with Crippen LogP contribution in [0.5, 0.6) is 0 Å². The number of carbonyl (C=O) groups excluding carboxylic acids is 1. The normalized spacial score (nSPS) is 9.79. The summed E-state index contributed by atoms with van der Waals surface area (Å²) in [5, 5.41) is 0. The van der Waals surface area contributed by atoms with E-state index in [0.29, 0.717) is 13.0 Å². The van der Waals surface area contributed by atoms with Crippen molar-refractivity contribution in [2.75, 3.05) is 7.11 Å². The van der Waals surface area contributed by atoms with E-state index >= 15 is 0 Å². The zero-order chi connectivity index (χ0) is 10.4. The second-order valence-corrected chi connectivity index (χ2v) is 3.10. The Kier molecular flexibility index (Phi) is 4.08. The molecule has 0 saturated heterocycles. The molecule has 0 aliphatic rings. The molecule has 2 nitrogen and oxygen atoms in total. The van der Waals surface area contributed by atoms with Gasteiger partial charge in [-0.1, -0.05) is 30.8 Å². The highest BCUT2D eigenvalue weighted by molar-refractivity contribution is 5.90. The summed E-state index contributed by atoms with van der Waals surface area (Å²) in [6, 6.07) is 7.82. The van der Waals surface area contributed by atoms with Crippen LogP contribution < -0.4 is 0 Å². The summed E-state index contributed by atoms with van der Waals surface area (Å²) >= 11 is 0. The molecule has 0 N–H and O–H groups in total. The number of ether oxygens (including phenoxy) is 1. The average Bonchev–Trinajstić information content (AvgIpc) is 2.19. The molecule has 0 heterocycles. The zero-order valence-corrected chi connectivity index (χ0v) is 8.32. The fourth-order valence-electron chi connectivity index (χ4n) is 1.27. The minimum absolute atomic E-state index is 0.0413. The van der Waals surface area contributed by atoms with Crippen molar-refractivity contribution < 1.29 is 9.53 Å². The average molecular weight is 190 g/mol. The SMILES string of the molecule is C=CC(=O)Cc1cccc(COC)c1. The van der Waals surface area contributed by atoms with Crippen LogP contribution >= 0.6 is 0 Å². The minimum Gasteiger partial charge on any atom is -0.380 e. The molecule has 1 rings (SSSR count). The lowest BCUT2D eigenvalue weighted by Crippen LogP contribution is -1.98. The van der Waals surface area contributed by atoms with Gasteiger partial charge in [0.15, 0.2) is 5.78 Å².